The first kappa shape index (κ1) is 24.7. The van der Waals surface area contributed by atoms with E-state index in [9.17, 15) is 4.79 Å². The van der Waals surface area contributed by atoms with E-state index >= 15 is 0 Å². The van der Waals surface area contributed by atoms with Crippen LogP contribution < -0.4 is 14.2 Å². The van der Waals surface area contributed by atoms with Gasteiger partial charge in [0.1, 0.15) is 34.1 Å². The van der Waals surface area contributed by atoms with Gasteiger partial charge in [-0.05, 0) is 26.2 Å². The molecule has 1 aliphatic rings. The van der Waals surface area contributed by atoms with Crippen LogP contribution in [0.4, 0.5) is 0 Å². The van der Waals surface area contributed by atoms with Crippen molar-refractivity contribution < 1.29 is 23.4 Å². The number of carbonyl (C=O) groups is 1. The minimum atomic E-state index is -0.164. The molecule has 2 aromatic rings. The molecule has 0 radical (unpaired) electrons. The molecule has 2 heterocycles. The van der Waals surface area contributed by atoms with Crippen molar-refractivity contribution in [3.63, 3.8) is 0 Å². The van der Waals surface area contributed by atoms with Crippen LogP contribution in [-0.2, 0) is 17.1 Å². The molecule has 1 amide bonds. The molecule has 1 aromatic heterocycles. The Balaban J connectivity index is 1.69. The van der Waals surface area contributed by atoms with E-state index in [0.29, 0.717) is 30.2 Å². The largest absolute Gasteiger partial charge is 0.496 e. The minimum Gasteiger partial charge on any atom is -0.496 e. The highest BCUT2D eigenvalue weighted by atomic mass is 32.2. The van der Waals surface area contributed by atoms with Crippen LogP contribution in [0.5, 0.6) is 17.2 Å². The lowest BCUT2D eigenvalue weighted by molar-refractivity contribution is -0.131. The summed E-state index contributed by atoms with van der Waals surface area (Å²) < 4.78 is 22.6. The normalized spacial score (nSPS) is 16.5. The Morgan fingerprint density at radius 3 is 2.44 bits per heavy atom. The van der Waals surface area contributed by atoms with Crippen molar-refractivity contribution in [1.82, 2.24) is 9.80 Å². The predicted molar refractivity (Wildman–Crippen MR) is 130 cm³/mol. The third-order valence-corrected chi connectivity index (χ3v) is 7.31. The Bertz CT molecular complexity index is 877. The van der Waals surface area contributed by atoms with Gasteiger partial charge in [-0.25, -0.2) is 0 Å². The van der Waals surface area contributed by atoms with Crippen LogP contribution >= 0.6 is 23.5 Å². The van der Waals surface area contributed by atoms with Gasteiger partial charge in [0.05, 0.1) is 39.2 Å². The van der Waals surface area contributed by atoms with E-state index in [0.717, 1.165) is 40.9 Å². The first-order chi connectivity index (χ1) is 15.5. The van der Waals surface area contributed by atoms with Crippen LogP contribution in [0.2, 0.25) is 0 Å². The van der Waals surface area contributed by atoms with Crippen molar-refractivity contribution in [2.75, 3.05) is 53.5 Å². The molecule has 0 saturated carbocycles. The number of thioether (sulfide) groups is 2. The summed E-state index contributed by atoms with van der Waals surface area (Å²) in [5, 5.41) is -0.164. The lowest BCUT2D eigenvalue weighted by Crippen LogP contribution is -2.39. The van der Waals surface area contributed by atoms with E-state index in [1.165, 1.54) is 0 Å². The summed E-state index contributed by atoms with van der Waals surface area (Å²) in [6.07, 6.45) is 0.540. The number of ether oxygens (including phenoxy) is 3. The van der Waals surface area contributed by atoms with Gasteiger partial charge in [-0.15, -0.1) is 11.8 Å². The number of nitrogens with zero attached hydrogens (tertiary/aromatic N) is 2. The van der Waals surface area contributed by atoms with E-state index in [1.807, 2.05) is 43.3 Å². The van der Waals surface area contributed by atoms with Gasteiger partial charge >= 0.3 is 0 Å². The molecular formula is C23H32N2O5S2. The van der Waals surface area contributed by atoms with Gasteiger partial charge in [-0.2, -0.15) is 11.8 Å². The number of amides is 1. The topological polar surface area (TPSA) is 64.4 Å². The number of hydrogen-bond acceptors (Lipinski definition) is 8. The fourth-order valence-electron chi connectivity index (χ4n) is 3.61. The van der Waals surface area contributed by atoms with Crippen molar-refractivity contribution in [3.05, 3.63) is 41.3 Å². The molecule has 32 heavy (non-hydrogen) atoms. The molecule has 9 heteroatoms. The van der Waals surface area contributed by atoms with Crippen LogP contribution in [0.1, 0.15) is 28.9 Å². The van der Waals surface area contributed by atoms with Crippen LogP contribution in [0.25, 0.3) is 0 Å². The zero-order valence-corrected chi connectivity index (χ0v) is 21.0. The standard InChI is InChI=1S/C23H32N2O5S2/c1-24(2)14-16-6-7-17(30-16)15-31-11-9-25-21(26)8-10-32-23(25)22-19(28-4)12-18(27-3)13-20(22)29-5/h6-7,12-13,23H,8-11,14-15H2,1-5H3. The fourth-order valence-corrected chi connectivity index (χ4v) is 5.76. The number of methoxy groups -OCH3 is 3. The van der Waals surface area contributed by atoms with Crippen LogP contribution in [0.3, 0.4) is 0 Å². The summed E-state index contributed by atoms with van der Waals surface area (Å²) in [6.45, 7) is 1.43. The lowest BCUT2D eigenvalue weighted by Gasteiger charge is -2.36. The second kappa shape index (κ2) is 11.8. The Morgan fingerprint density at radius 2 is 1.81 bits per heavy atom. The zero-order valence-electron chi connectivity index (χ0n) is 19.4. The molecule has 1 fully saturated rings. The highest BCUT2D eigenvalue weighted by Gasteiger charge is 2.34. The number of carbonyl (C=O) groups excluding carboxylic acids is 1. The molecule has 1 saturated heterocycles. The van der Waals surface area contributed by atoms with E-state index in [1.54, 1.807) is 44.9 Å². The lowest BCUT2D eigenvalue weighted by atomic mass is 10.1. The van der Waals surface area contributed by atoms with Gasteiger partial charge in [-0.1, -0.05) is 0 Å². The second-order valence-electron chi connectivity index (χ2n) is 7.66. The molecule has 0 bridgehead atoms. The molecule has 1 aliphatic heterocycles. The van der Waals surface area contributed by atoms with E-state index in [2.05, 4.69) is 4.90 Å². The predicted octanol–water partition coefficient (Wildman–Crippen LogP) is 4.26. The number of rotatable bonds is 11. The molecule has 0 aliphatic carbocycles. The highest BCUT2D eigenvalue weighted by molar-refractivity contribution is 7.99. The monoisotopic (exact) mass is 480 g/mol. The molecule has 3 rings (SSSR count). The Hall–Kier alpha value is -1.97. The van der Waals surface area contributed by atoms with E-state index < -0.39 is 0 Å². The van der Waals surface area contributed by atoms with Crippen molar-refractivity contribution in [2.45, 2.75) is 24.1 Å². The molecule has 7 nitrogen and oxygen atoms in total. The van der Waals surface area contributed by atoms with Crippen molar-refractivity contribution >= 4 is 29.4 Å². The summed E-state index contributed by atoms with van der Waals surface area (Å²) in [5.41, 5.74) is 0.873. The number of benzene rings is 1. The summed E-state index contributed by atoms with van der Waals surface area (Å²) in [4.78, 5) is 16.9. The molecule has 1 atom stereocenters. The quantitative estimate of drug-likeness (QED) is 0.442. The molecule has 0 spiro atoms. The molecule has 176 valence electrons. The fraction of sp³-hybridized carbons (Fsp3) is 0.522. The maximum absolute atomic E-state index is 12.8. The highest BCUT2D eigenvalue weighted by Crippen LogP contribution is 2.47. The smallest absolute Gasteiger partial charge is 0.224 e. The first-order valence-corrected chi connectivity index (χ1v) is 12.7. The van der Waals surface area contributed by atoms with Crippen molar-refractivity contribution in [1.29, 1.82) is 0 Å². The number of furan rings is 1. The maximum Gasteiger partial charge on any atom is 0.224 e. The van der Waals surface area contributed by atoms with Gasteiger partial charge < -0.3 is 28.4 Å². The van der Waals surface area contributed by atoms with Crippen LogP contribution in [-0.4, -0.2) is 69.2 Å². The maximum atomic E-state index is 12.8. The van der Waals surface area contributed by atoms with Crippen LogP contribution in [0, 0.1) is 0 Å². The van der Waals surface area contributed by atoms with Crippen molar-refractivity contribution in [3.8, 4) is 17.2 Å². The molecule has 1 unspecified atom stereocenters. The second-order valence-corrected chi connectivity index (χ2v) is 9.96. The molecule has 0 N–H and O–H groups in total. The summed E-state index contributed by atoms with van der Waals surface area (Å²) >= 11 is 3.50. The Labute approximate surface area is 198 Å². The van der Waals surface area contributed by atoms with Gasteiger partial charge in [0.15, 0.2) is 0 Å². The molecular weight excluding hydrogens is 448 g/mol. The minimum absolute atomic E-state index is 0.153. The van der Waals surface area contributed by atoms with E-state index in [-0.39, 0.29) is 11.3 Å². The molecule has 1 aromatic carbocycles. The summed E-state index contributed by atoms with van der Waals surface area (Å²) in [6, 6.07) is 7.74. The van der Waals surface area contributed by atoms with Gasteiger partial charge in [0, 0.05) is 36.6 Å². The van der Waals surface area contributed by atoms with Gasteiger partial charge in [0.25, 0.3) is 0 Å². The average molecular weight is 481 g/mol. The van der Waals surface area contributed by atoms with Gasteiger partial charge in [-0.3, -0.25) is 4.79 Å². The first-order valence-electron chi connectivity index (χ1n) is 10.5. The Kier molecular flexibility index (Phi) is 9.07. The SMILES string of the molecule is COc1cc(OC)c(C2SCCC(=O)N2CCSCc2ccc(CN(C)C)o2)c(OC)c1. The average Bonchev–Trinajstić information content (AvgIpc) is 3.22. The van der Waals surface area contributed by atoms with Crippen molar-refractivity contribution in [2.24, 2.45) is 0 Å². The van der Waals surface area contributed by atoms with E-state index in [4.69, 9.17) is 18.6 Å². The van der Waals surface area contributed by atoms with Crippen LogP contribution in [0.15, 0.2) is 28.7 Å². The third kappa shape index (κ3) is 6.08. The summed E-state index contributed by atoms with van der Waals surface area (Å²) in [7, 11) is 8.91. The summed E-state index contributed by atoms with van der Waals surface area (Å²) in [5.74, 6) is 6.42. The van der Waals surface area contributed by atoms with Gasteiger partial charge in [0.2, 0.25) is 5.91 Å². The third-order valence-electron chi connectivity index (χ3n) is 5.11. The number of hydrogen-bond donors (Lipinski definition) is 0. The zero-order chi connectivity index (χ0) is 23.1. The Morgan fingerprint density at radius 1 is 1.12 bits per heavy atom.